The summed E-state index contributed by atoms with van der Waals surface area (Å²) in [6.07, 6.45) is 9.75. The van der Waals surface area contributed by atoms with Crippen LogP contribution in [0.5, 0.6) is 0 Å². The van der Waals surface area contributed by atoms with Gasteiger partial charge in [-0.05, 0) is 97.9 Å². The number of halogens is 1. The van der Waals surface area contributed by atoms with Gasteiger partial charge in [-0.25, -0.2) is 18.5 Å². The standard InChI is InChI=1S/C8H20NO4P.C8H16O2.C7H12O4.C6H15N.C5H11O4P.C3H8O.C2H4ClO3P.C2H7N.C2H6.CH4/c1-5-7-12-14(10,11)13-8-6-9(2,3)4;1-2-6-9-8-5-3-4-7-10-8;8-6(9)5-11-7-3-1-2-4-10-7;1-4-7(5-2)6-3;1-2-3-7-10(6)8-4-5-9-10;1-2-3-4;3-7(4)5-1-2-6-7;1-3-2;1-2;/h5-8H2,1-4H3;8H,2-7H2,1H3;7H,1-5H2,(H,8,9);4-6H2,1-3H3;2-5H2,1H3;4H,2-3H2,1H3;1-2H2;3H,1-2H3;1-2H3;1H4/p+1. The van der Waals surface area contributed by atoms with Gasteiger partial charge >= 0.3 is 28.6 Å². The van der Waals surface area contributed by atoms with Crippen molar-refractivity contribution in [2.45, 2.75) is 147 Å². The van der Waals surface area contributed by atoms with Gasteiger partial charge in [0.15, 0.2) is 12.6 Å². The molecular weight excluding hydrogens is 987 g/mol. The normalized spacial score (nSPS) is 19.3. The molecule has 0 amide bonds. The molecule has 0 saturated carbocycles. The SMILES string of the molecule is C.CC.CCCO.CCCOC1CCCCO1.CCCOP(=O)(O)OCC[N+](C)(C)C.CCCOP1(=O)OCCO1.CCN(CC)CC.CNC.O=C(O)COC1CCCCO1.O=P1(Cl)OCCO1. The number of quaternary nitrogens is 1. The van der Waals surface area contributed by atoms with E-state index in [0.717, 1.165) is 58.2 Å². The smallest absolute Gasteiger partial charge is 0.474 e. The summed E-state index contributed by atoms with van der Waals surface area (Å²) in [5.41, 5.74) is 0. The van der Waals surface area contributed by atoms with Crippen molar-refractivity contribution in [1.82, 2.24) is 10.2 Å². The summed E-state index contributed by atoms with van der Waals surface area (Å²) in [6.45, 7) is 24.4. The molecule has 0 bridgehead atoms. The van der Waals surface area contributed by atoms with Crippen LogP contribution in [0.2, 0.25) is 0 Å². The molecule has 3 unspecified atom stereocenters. The lowest BCUT2D eigenvalue weighted by atomic mass is 10.2. The van der Waals surface area contributed by atoms with E-state index in [1.807, 2.05) is 69.9 Å². The van der Waals surface area contributed by atoms with E-state index in [9.17, 15) is 18.5 Å². The van der Waals surface area contributed by atoms with Gasteiger partial charge in [0.2, 0.25) is 0 Å². The molecule has 4 saturated heterocycles. The maximum absolute atomic E-state index is 11.2. The van der Waals surface area contributed by atoms with E-state index in [4.69, 9.17) is 63.4 Å². The number of carboxylic acids is 1. The summed E-state index contributed by atoms with van der Waals surface area (Å²) in [4.78, 5) is 21.6. The highest BCUT2D eigenvalue weighted by atomic mass is 35.7. The lowest BCUT2D eigenvalue weighted by Gasteiger charge is -2.23. The van der Waals surface area contributed by atoms with Crippen LogP contribution < -0.4 is 5.32 Å². The number of rotatable bonds is 20. The molecule has 3 atom stereocenters. The molecule has 0 aromatic rings. The lowest BCUT2D eigenvalue weighted by molar-refractivity contribution is -0.870. The quantitative estimate of drug-likeness (QED) is 0.0654. The van der Waals surface area contributed by atoms with Crippen LogP contribution in [0.4, 0.5) is 0 Å². The van der Waals surface area contributed by atoms with E-state index in [2.05, 4.69) is 51.5 Å². The number of nitrogens with zero attached hydrogens (tertiary/aromatic N) is 2. The zero-order valence-corrected chi connectivity index (χ0v) is 48.1. The van der Waals surface area contributed by atoms with E-state index >= 15 is 0 Å². The van der Waals surface area contributed by atoms with E-state index in [1.165, 1.54) is 32.5 Å². The Labute approximate surface area is 424 Å². The van der Waals surface area contributed by atoms with Gasteiger partial charge in [-0.3, -0.25) is 31.7 Å². The van der Waals surface area contributed by atoms with Crippen LogP contribution in [0.15, 0.2) is 0 Å². The molecule has 25 heteroatoms. The van der Waals surface area contributed by atoms with Crippen LogP contribution in [0.25, 0.3) is 0 Å². The molecule has 4 aliphatic heterocycles. The number of carbonyl (C=O) groups is 1. The second-order valence-electron chi connectivity index (χ2n) is 15.2. The van der Waals surface area contributed by atoms with E-state index in [1.54, 1.807) is 0 Å². The first-order valence-electron chi connectivity index (χ1n) is 24.3. The molecule has 424 valence electrons. The number of likely N-dealkylation sites (N-methyl/N-ethyl adjacent to an activating group) is 1. The predicted molar refractivity (Wildman–Crippen MR) is 277 cm³/mol. The number of aliphatic hydroxyl groups is 1. The summed E-state index contributed by atoms with van der Waals surface area (Å²) in [6, 6.07) is 0. The zero-order chi connectivity index (χ0) is 53.2. The van der Waals surface area contributed by atoms with Crippen LogP contribution in [0.1, 0.15) is 134 Å². The van der Waals surface area contributed by atoms with E-state index in [0.29, 0.717) is 63.7 Å². The summed E-state index contributed by atoms with van der Waals surface area (Å²) in [5, 5.41) is 18.9. The zero-order valence-electron chi connectivity index (χ0n) is 44.6. The molecule has 21 nitrogen and oxygen atoms in total. The van der Waals surface area contributed by atoms with Crippen LogP contribution in [0.3, 0.4) is 0 Å². The van der Waals surface area contributed by atoms with E-state index in [-0.39, 0.29) is 39.8 Å². The Morgan fingerprint density at radius 1 is 0.710 bits per heavy atom. The summed E-state index contributed by atoms with van der Waals surface area (Å²) in [5.74, 6) is -0.945. The Kier molecular flexibility index (Phi) is 64.6. The van der Waals surface area contributed by atoms with Gasteiger partial charge in [0, 0.05) is 37.7 Å². The molecule has 0 aromatic heterocycles. The minimum absolute atomic E-state index is 0. The van der Waals surface area contributed by atoms with Gasteiger partial charge in [-0.2, -0.15) is 0 Å². The van der Waals surface area contributed by atoms with Crippen LogP contribution in [-0.4, -0.2) is 184 Å². The monoisotopic (exact) mass is 1090 g/mol. The average molecular weight is 1090 g/mol. The lowest BCUT2D eigenvalue weighted by Crippen LogP contribution is -2.37. The van der Waals surface area contributed by atoms with Gasteiger partial charge in [-0.15, -0.1) is 0 Å². The minimum Gasteiger partial charge on any atom is -0.480 e. The van der Waals surface area contributed by atoms with Gasteiger partial charge in [0.1, 0.15) is 19.8 Å². The Hall–Kier alpha value is -0.190. The fourth-order valence-corrected chi connectivity index (χ4v) is 7.49. The number of phosphoric acid groups is 2. The number of hydrogen-bond acceptors (Lipinski definition) is 18. The largest absolute Gasteiger partial charge is 0.480 e. The van der Waals surface area contributed by atoms with Crippen molar-refractivity contribution in [2.75, 3.05) is 141 Å². The topological polar surface area (TPSA) is 246 Å². The molecule has 4 rings (SSSR count). The number of ether oxygens (including phenoxy) is 4. The fourth-order valence-electron chi connectivity index (χ4n) is 4.39. The maximum Gasteiger partial charge on any atom is 0.474 e. The molecule has 4 aliphatic rings. The highest BCUT2D eigenvalue weighted by Gasteiger charge is 2.31. The van der Waals surface area contributed by atoms with Crippen molar-refractivity contribution < 1.29 is 88.7 Å². The van der Waals surface area contributed by atoms with E-state index < -0.39 is 28.6 Å². The first-order chi connectivity index (χ1) is 32.1. The van der Waals surface area contributed by atoms with Crippen molar-refractivity contribution in [2.24, 2.45) is 0 Å². The van der Waals surface area contributed by atoms with Crippen molar-refractivity contribution in [3.05, 3.63) is 0 Å². The highest BCUT2D eigenvalue weighted by Crippen LogP contribution is 2.56. The van der Waals surface area contributed by atoms with Crippen LogP contribution in [-0.2, 0) is 69.1 Å². The molecule has 4 heterocycles. The first kappa shape index (κ1) is 80.2. The number of phosphoric ester groups is 2. The molecule has 0 radical (unpaired) electrons. The Balaban J connectivity index is -0.000000168. The molecule has 0 aliphatic carbocycles. The second kappa shape index (κ2) is 55.6. The maximum atomic E-state index is 11.2. The van der Waals surface area contributed by atoms with Crippen molar-refractivity contribution >= 4 is 39.8 Å². The van der Waals surface area contributed by atoms with Crippen LogP contribution >= 0.6 is 33.8 Å². The van der Waals surface area contributed by atoms with Crippen LogP contribution in [0, 0.1) is 0 Å². The Morgan fingerprint density at radius 2 is 1.12 bits per heavy atom. The third-order valence-corrected chi connectivity index (χ3v) is 11.9. The fraction of sp³-hybridized carbons (Fsp3) is 0.977. The van der Waals surface area contributed by atoms with Crippen molar-refractivity contribution in [3.63, 3.8) is 0 Å². The molecule has 4 fully saturated rings. The van der Waals surface area contributed by atoms with Gasteiger partial charge < -0.3 is 48.8 Å². The Bertz CT molecular complexity index is 1170. The van der Waals surface area contributed by atoms with Crippen molar-refractivity contribution in [1.29, 1.82) is 0 Å². The average Bonchev–Trinajstić information content (AvgIpc) is 3.95. The molecular formula is C44H104ClN3O18P3+. The van der Waals surface area contributed by atoms with Gasteiger partial charge in [0.25, 0.3) is 0 Å². The number of hydrogen-bond donors (Lipinski definition) is 4. The molecule has 0 spiro atoms. The summed E-state index contributed by atoms with van der Waals surface area (Å²) in [7, 11) is 2.81. The number of carboxylic acid groups (broad SMARTS) is 1. The first-order valence-corrected chi connectivity index (χ1v) is 29.7. The Morgan fingerprint density at radius 3 is 1.42 bits per heavy atom. The number of aliphatic hydroxyl groups excluding tert-OH is 1. The molecule has 4 N–H and O–H groups in total. The molecule has 0 aromatic carbocycles. The van der Waals surface area contributed by atoms with Gasteiger partial charge in [0.05, 0.1) is 60.8 Å². The molecule has 69 heavy (non-hydrogen) atoms. The number of nitrogens with one attached hydrogen (secondary N) is 1. The number of aliphatic carboxylic acids is 1. The third kappa shape index (κ3) is 63.9. The highest BCUT2D eigenvalue weighted by molar-refractivity contribution is 7.81. The van der Waals surface area contributed by atoms with Crippen molar-refractivity contribution in [3.8, 4) is 0 Å². The van der Waals surface area contributed by atoms with Gasteiger partial charge in [-0.1, -0.05) is 69.7 Å². The summed E-state index contributed by atoms with van der Waals surface area (Å²) >= 11 is 5.08. The minimum atomic E-state index is -3.81. The second-order valence-corrected chi connectivity index (χ2v) is 20.9. The predicted octanol–water partition coefficient (Wildman–Crippen LogP) is 9.97. The third-order valence-electron chi connectivity index (χ3n) is 7.83. The summed E-state index contributed by atoms with van der Waals surface area (Å²) < 4.78 is 86.8.